The van der Waals surface area contributed by atoms with E-state index in [0.717, 1.165) is 31.2 Å². The van der Waals surface area contributed by atoms with Crippen molar-refractivity contribution in [3.8, 4) is 17.2 Å². The molecule has 0 spiro atoms. The number of benzene rings is 4. The van der Waals surface area contributed by atoms with Crippen LogP contribution in [0.5, 0.6) is 17.2 Å². The number of hydrogen-bond acceptors (Lipinski definition) is 7. The van der Waals surface area contributed by atoms with E-state index in [0.29, 0.717) is 55.6 Å². The van der Waals surface area contributed by atoms with Crippen molar-refractivity contribution in [2.75, 3.05) is 34.0 Å². The van der Waals surface area contributed by atoms with E-state index in [1.807, 2.05) is 91.0 Å². The van der Waals surface area contributed by atoms with Crippen molar-refractivity contribution in [1.29, 1.82) is 0 Å². The summed E-state index contributed by atoms with van der Waals surface area (Å²) in [5, 5.41) is 12.3. The summed E-state index contributed by atoms with van der Waals surface area (Å²) in [7, 11) is 3.20. The lowest BCUT2D eigenvalue weighted by Gasteiger charge is -2.31. The van der Waals surface area contributed by atoms with Gasteiger partial charge in [-0.25, -0.2) is 4.99 Å². The Kier molecular flexibility index (Phi) is 11.4. The average Bonchev–Trinajstić information content (AvgIpc) is 3.46. The Balaban J connectivity index is 1.50. The number of halogens is 2. The molecule has 1 aliphatic rings. The van der Waals surface area contributed by atoms with Crippen molar-refractivity contribution in [3.05, 3.63) is 122 Å². The average molecular weight is 753 g/mol. The lowest BCUT2D eigenvalue weighted by atomic mass is 9.82. The number of nitrogens with one attached hydrogen (secondary N) is 1. The second kappa shape index (κ2) is 15.6. The van der Waals surface area contributed by atoms with E-state index in [2.05, 4.69) is 37.2 Å². The first-order valence-electron chi connectivity index (χ1n) is 15.0. The Labute approximate surface area is 286 Å². The maximum atomic E-state index is 14.5. The number of nitrogens with zero attached hydrogens (tertiary/aromatic N) is 1. The van der Waals surface area contributed by atoms with Gasteiger partial charge < -0.3 is 29.4 Å². The number of aliphatic hydroxyl groups excluding tert-OH is 1. The highest BCUT2D eigenvalue weighted by Gasteiger charge is 2.53. The second-order valence-electron chi connectivity index (χ2n) is 10.8. The summed E-state index contributed by atoms with van der Waals surface area (Å²) < 4.78 is 25.0. The topological polar surface area (TPSA) is 98.6 Å². The molecule has 4 aromatic carbocycles. The predicted molar refractivity (Wildman–Crippen MR) is 185 cm³/mol. The molecule has 0 unspecified atom stereocenters. The van der Waals surface area contributed by atoms with Gasteiger partial charge in [-0.3, -0.25) is 4.79 Å². The normalized spacial score (nSPS) is 17.2. The monoisotopic (exact) mass is 750 g/mol. The Morgan fingerprint density at radius 1 is 0.935 bits per heavy atom. The molecule has 0 fully saturated rings. The molecule has 2 atom stereocenters. The minimum absolute atomic E-state index is 0.0654. The molecule has 2 N–H and O–H groups in total. The Morgan fingerprint density at radius 3 is 2.35 bits per heavy atom. The van der Waals surface area contributed by atoms with Crippen molar-refractivity contribution in [2.45, 2.75) is 30.9 Å². The summed E-state index contributed by atoms with van der Waals surface area (Å²) in [6.07, 6.45) is 0.712. The molecule has 5 rings (SSSR count). The van der Waals surface area contributed by atoms with Crippen LogP contribution in [0, 0.1) is 0 Å². The Bertz CT molecular complexity index is 1660. The van der Waals surface area contributed by atoms with Crippen LogP contribution in [0.1, 0.15) is 34.8 Å². The fourth-order valence-electron chi connectivity index (χ4n) is 5.37. The fourth-order valence-corrected chi connectivity index (χ4v) is 6.13. The van der Waals surface area contributed by atoms with Gasteiger partial charge in [-0.1, -0.05) is 68.3 Å². The fraction of sp³-hybridized carbons (Fsp3) is 0.278. The van der Waals surface area contributed by atoms with Gasteiger partial charge in [0.05, 0.1) is 20.8 Å². The minimum Gasteiger partial charge on any atom is -0.494 e. The summed E-state index contributed by atoms with van der Waals surface area (Å²) in [6.45, 7) is 0.858. The van der Waals surface area contributed by atoms with E-state index >= 15 is 0 Å². The molecular formula is C36H36Br2N2O6. The molecule has 240 valence electrons. The molecule has 8 nitrogen and oxygen atoms in total. The van der Waals surface area contributed by atoms with Crippen LogP contribution >= 0.6 is 31.9 Å². The van der Waals surface area contributed by atoms with Crippen LogP contribution in [0.4, 0.5) is 0 Å². The van der Waals surface area contributed by atoms with Crippen LogP contribution in [-0.2, 0) is 22.4 Å². The van der Waals surface area contributed by atoms with Gasteiger partial charge in [0.25, 0.3) is 5.91 Å². The third-order valence-electron chi connectivity index (χ3n) is 7.75. The molecular weight excluding hydrogens is 716 g/mol. The van der Waals surface area contributed by atoms with Gasteiger partial charge in [0.15, 0.2) is 23.1 Å². The first kappa shape index (κ1) is 33.5. The minimum atomic E-state index is -1.32. The largest absolute Gasteiger partial charge is 0.494 e. The molecule has 0 saturated heterocycles. The van der Waals surface area contributed by atoms with E-state index in [1.165, 1.54) is 0 Å². The third kappa shape index (κ3) is 7.74. The zero-order valence-electron chi connectivity index (χ0n) is 25.7. The van der Waals surface area contributed by atoms with Crippen molar-refractivity contribution in [3.63, 3.8) is 0 Å². The third-order valence-corrected chi connectivity index (χ3v) is 9.00. The first-order chi connectivity index (χ1) is 22.4. The second-order valence-corrected chi connectivity index (χ2v) is 12.6. The maximum Gasteiger partial charge on any atom is 0.252 e. The van der Waals surface area contributed by atoms with E-state index in [9.17, 15) is 4.79 Å². The molecule has 46 heavy (non-hydrogen) atoms. The number of amides is 1. The number of carbonyl (C=O) groups excluding carboxylic acids is 1. The number of aliphatic hydroxyl groups is 1. The summed E-state index contributed by atoms with van der Waals surface area (Å²) >= 11 is 7.22. The van der Waals surface area contributed by atoms with Gasteiger partial charge >= 0.3 is 0 Å². The van der Waals surface area contributed by atoms with Crippen molar-refractivity contribution < 1.29 is 28.8 Å². The number of rotatable bonds is 14. The number of hydrogen-bond donors (Lipinski definition) is 2. The summed E-state index contributed by atoms with van der Waals surface area (Å²) in [5.41, 5.74) is 2.16. The Hall–Kier alpha value is -3.86. The van der Waals surface area contributed by atoms with Gasteiger partial charge in [-0.15, -0.1) is 0 Å². The molecule has 0 saturated carbocycles. The maximum absolute atomic E-state index is 14.5. The van der Waals surface area contributed by atoms with Crippen LogP contribution in [-0.4, -0.2) is 56.4 Å². The quantitative estimate of drug-likeness (QED) is 0.137. The molecule has 1 amide bonds. The number of aliphatic imine (C=N–C) groups is 1. The predicted octanol–water partition coefficient (Wildman–Crippen LogP) is 6.85. The lowest BCUT2D eigenvalue weighted by Crippen LogP contribution is -2.50. The van der Waals surface area contributed by atoms with Crippen molar-refractivity contribution in [2.24, 2.45) is 4.99 Å². The van der Waals surface area contributed by atoms with Crippen molar-refractivity contribution in [1.82, 2.24) is 5.32 Å². The molecule has 0 aliphatic carbocycles. The summed E-state index contributed by atoms with van der Waals surface area (Å²) in [6, 6.07) is 28.8. The van der Waals surface area contributed by atoms with Crippen LogP contribution in [0.15, 0.2) is 105 Å². The van der Waals surface area contributed by atoms with Gasteiger partial charge in [0.2, 0.25) is 5.90 Å². The highest BCUT2D eigenvalue weighted by atomic mass is 79.9. The van der Waals surface area contributed by atoms with E-state index < -0.39 is 11.6 Å². The molecule has 10 heteroatoms. The molecule has 4 aromatic rings. The molecule has 0 aromatic heterocycles. The van der Waals surface area contributed by atoms with E-state index in [1.54, 1.807) is 14.2 Å². The van der Waals surface area contributed by atoms with Gasteiger partial charge in [-0.05, 0) is 72.1 Å². The van der Waals surface area contributed by atoms with Crippen molar-refractivity contribution >= 4 is 43.7 Å². The van der Waals surface area contributed by atoms with Gasteiger partial charge in [-0.2, -0.15) is 0 Å². The number of ether oxygens (including phenoxy) is 4. The highest BCUT2D eigenvalue weighted by Crippen LogP contribution is 2.44. The number of methoxy groups -OCH3 is 2. The van der Waals surface area contributed by atoms with Crippen LogP contribution in [0.25, 0.3) is 0 Å². The summed E-state index contributed by atoms with van der Waals surface area (Å²) in [5.74, 6) is 2.09. The van der Waals surface area contributed by atoms with Crippen LogP contribution in [0.3, 0.4) is 0 Å². The molecule has 1 aliphatic heterocycles. The van der Waals surface area contributed by atoms with Crippen LogP contribution in [0.2, 0.25) is 0 Å². The highest BCUT2D eigenvalue weighted by molar-refractivity contribution is 9.10. The number of carbonyl (C=O) groups is 1. The van der Waals surface area contributed by atoms with E-state index in [-0.39, 0.29) is 12.5 Å². The standard InChI is InChI=1S/C36H36Br2N2O6/c1-43-31-17-10-24(22-32(31)44-2)18-19-39-35(42)36(23-25-8-13-27(37)14-9-25)33(29-6-3-4-7-30(29)38)46-34(40-36)26-11-15-28(16-12-26)45-21-5-20-41/h3-4,6-17,22,33,41H,5,18-21,23H2,1-2H3,(H,39,42)/t33-,36-/m1/s1. The van der Waals surface area contributed by atoms with Gasteiger partial charge in [0, 0.05) is 46.1 Å². The molecule has 0 bridgehead atoms. The van der Waals surface area contributed by atoms with Gasteiger partial charge in [0.1, 0.15) is 5.75 Å². The molecule has 0 radical (unpaired) electrons. The Morgan fingerprint density at radius 2 is 1.65 bits per heavy atom. The van der Waals surface area contributed by atoms with E-state index in [4.69, 9.17) is 29.0 Å². The SMILES string of the molecule is COc1ccc(CCNC(=O)[C@]2(Cc3ccc(Br)cc3)N=C(c3ccc(OCCCO)cc3)O[C@@H]2c2ccccc2Br)cc1OC. The molecule has 1 heterocycles. The first-order valence-corrected chi connectivity index (χ1v) is 16.5. The lowest BCUT2D eigenvalue weighted by molar-refractivity contribution is -0.128. The summed E-state index contributed by atoms with van der Waals surface area (Å²) in [4.78, 5) is 19.6. The zero-order valence-corrected chi connectivity index (χ0v) is 28.8. The smallest absolute Gasteiger partial charge is 0.252 e. The van der Waals surface area contributed by atoms with Crippen LogP contribution < -0.4 is 19.5 Å². The zero-order chi connectivity index (χ0) is 32.5.